The highest BCUT2D eigenvalue weighted by molar-refractivity contribution is 4.87. The molecule has 2 nitrogen and oxygen atoms in total. The van der Waals surface area contributed by atoms with Crippen molar-refractivity contribution in [3.63, 3.8) is 0 Å². The molecule has 2 aliphatic rings. The molecule has 0 aromatic heterocycles. The van der Waals surface area contributed by atoms with Crippen molar-refractivity contribution in [2.45, 2.75) is 59.0 Å². The summed E-state index contributed by atoms with van der Waals surface area (Å²) in [6.07, 6.45) is 6.81. The average Bonchev–Trinajstić information content (AvgIpc) is 2.79. The standard InChI is InChI=1S/C15H28O2/c1-4-12-9-14(17-11-12)15(2,3)10-13-5-7-16-8-6-13/h12-14H,4-11H2,1-3H3. The van der Waals surface area contributed by atoms with Crippen LogP contribution < -0.4 is 0 Å². The fraction of sp³-hybridized carbons (Fsp3) is 1.00. The molecule has 2 heterocycles. The first kappa shape index (κ1) is 13.4. The normalized spacial score (nSPS) is 31.9. The van der Waals surface area contributed by atoms with Crippen LogP contribution in [0.3, 0.4) is 0 Å². The minimum atomic E-state index is 0.339. The summed E-state index contributed by atoms with van der Waals surface area (Å²) in [5, 5.41) is 0. The van der Waals surface area contributed by atoms with E-state index in [0.29, 0.717) is 11.5 Å². The van der Waals surface area contributed by atoms with E-state index in [1.54, 1.807) is 0 Å². The van der Waals surface area contributed by atoms with E-state index in [1.807, 2.05) is 0 Å². The molecular weight excluding hydrogens is 212 g/mol. The van der Waals surface area contributed by atoms with Crippen LogP contribution in [0.4, 0.5) is 0 Å². The lowest BCUT2D eigenvalue weighted by atomic mass is 9.74. The van der Waals surface area contributed by atoms with Crippen LogP contribution in [0.15, 0.2) is 0 Å². The summed E-state index contributed by atoms with van der Waals surface area (Å²) < 4.78 is 11.5. The molecule has 0 aromatic rings. The minimum Gasteiger partial charge on any atom is -0.381 e. The van der Waals surface area contributed by atoms with Crippen LogP contribution in [0.1, 0.15) is 52.9 Å². The van der Waals surface area contributed by atoms with E-state index in [9.17, 15) is 0 Å². The van der Waals surface area contributed by atoms with Crippen molar-refractivity contribution in [2.24, 2.45) is 17.3 Å². The van der Waals surface area contributed by atoms with Gasteiger partial charge in [0.05, 0.1) is 6.10 Å². The van der Waals surface area contributed by atoms with Gasteiger partial charge in [-0.25, -0.2) is 0 Å². The quantitative estimate of drug-likeness (QED) is 0.747. The molecule has 0 spiro atoms. The zero-order chi connectivity index (χ0) is 12.3. The van der Waals surface area contributed by atoms with Gasteiger partial charge in [0.1, 0.15) is 0 Å². The Balaban J connectivity index is 1.84. The Hall–Kier alpha value is -0.0800. The lowest BCUT2D eigenvalue weighted by molar-refractivity contribution is -0.0120. The molecule has 0 aromatic carbocycles. The van der Waals surface area contributed by atoms with Crippen LogP contribution in [0, 0.1) is 17.3 Å². The Morgan fingerprint density at radius 2 is 1.82 bits per heavy atom. The Morgan fingerprint density at radius 1 is 1.12 bits per heavy atom. The Bertz CT molecular complexity index is 231. The summed E-state index contributed by atoms with van der Waals surface area (Å²) >= 11 is 0. The van der Waals surface area contributed by atoms with Gasteiger partial charge in [-0.15, -0.1) is 0 Å². The highest BCUT2D eigenvalue weighted by Gasteiger charge is 2.38. The van der Waals surface area contributed by atoms with Gasteiger partial charge in [0.25, 0.3) is 0 Å². The molecule has 2 atom stereocenters. The van der Waals surface area contributed by atoms with Crippen LogP contribution in [0.25, 0.3) is 0 Å². The average molecular weight is 240 g/mol. The first-order chi connectivity index (χ1) is 8.12. The fourth-order valence-electron chi connectivity index (χ4n) is 3.35. The molecule has 0 bridgehead atoms. The summed E-state index contributed by atoms with van der Waals surface area (Å²) in [4.78, 5) is 0. The molecule has 0 saturated carbocycles. The lowest BCUT2D eigenvalue weighted by Crippen LogP contribution is -2.32. The van der Waals surface area contributed by atoms with Gasteiger partial charge in [0.2, 0.25) is 0 Å². The van der Waals surface area contributed by atoms with E-state index in [-0.39, 0.29) is 0 Å². The summed E-state index contributed by atoms with van der Waals surface area (Å²) in [5.41, 5.74) is 0.339. The molecule has 0 aliphatic carbocycles. The van der Waals surface area contributed by atoms with E-state index < -0.39 is 0 Å². The molecule has 100 valence electrons. The van der Waals surface area contributed by atoms with Crippen molar-refractivity contribution < 1.29 is 9.47 Å². The molecule has 2 unspecified atom stereocenters. The molecule has 0 N–H and O–H groups in total. The zero-order valence-electron chi connectivity index (χ0n) is 11.7. The molecule has 2 fully saturated rings. The lowest BCUT2D eigenvalue weighted by Gasteiger charge is -2.36. The Kier molecular flexibility index (Phi) is 4.48. The molecular formula is C15H28O2. The minimum absolute atomic E-state index is 0.339. The van der Waals surface area contributed by atoms with E-state index in [0.717, 1.165) is 31.7 Å². The van der Waals surface area contributed by atoms with Gasteiger partial charge in [0.15, 0.2) is 0 Å². The predicted molar refractivity (Wildman–Crippen MR) is 70.1 cm³/mol. The van der Waals surface area contributed by atoms with Gasteiger partial charge in [0, 0.05) is 19.8 Å². The van der Waals surface area contributed by atoms with Gasteiger partial charge >= 0.3 is 0 Å². The van der Waals surface area contributed by atoms with Crippen LogP contribution in [0.5, 0.6) is 0 Å². The fourth-order valence-corrected chi connectivity index (χ4v) is 3.35. The number of ether oxygens (including phenoxy) is 2. The van der Waals surface area contributed by atoms with Crippen molar-refractivity contribution in [1.82, 2.24) is 0 Å². The number of hydrogen-bond acceptors (Lipinski definition) is 2. The van der Waals surface area contributed by atoms with Gasteiger partial charge in [-0.05, 0) is 42.9 Å². The SMILES string of the molecule is CCC1COC(C(C)(C)CC2CCOCC2)C1. The smallest absolute Gasteiger partial charge is 0.0629 e. The van der Waals surface area contributed by atoms with Gasteiger partial charge in [-0.3, -0.25) is 0 Å². The highest BCUT2D eigenvalue weighted by Crippen LogP contribution is 2.40. The second-order valence-electron chi connectivity index (χ2n) is 6.58. The maximum absolute atomic E-state index is 6.03. The van der Waals surface area contributed by atoms with E-state index in [4.69, 9.17) is 9.47 Å². The second-order valence-corrected chi connectivity index (χ2v) is 6.58. The highest BCUT2D eigenvalue weighted by atomic mass is 16.5. The largest absolute Gasteiger partial charge is 0.381 e. The summed E-state index contributed by atoms with van der Waals surface area (Å²) in [7, 11) is 0. The van der Waals surface area contributed by atoms with Gasteiger partial charge < -0.3 is 9.47 Å². The Labute approximate surface area is 106 Å². The van der Waals surface area contributed by atoms with Crippen LogP contribution in [-0.2, 0) is 9.47 Å². The van der Waals surface area contributed by atoms with E-state index >= 15 is 0 Å². The Morgan fingerprint density at radius 3 is 2.41 bits per heavy atom. The summed E-state index contributed by atoms with van der Waals surface area (Å²) in [6.45, 7) is 9.98. The van der Waals surface area contributed by atoms with E-state index in [2.05, 4.69) is 20.8 Å². The molecule has 0 amide bonds. The monoisotopic (exact) mass is 240 g/mol. The van der Waals surface area contributed by atoms with Crippen molar-refractivity contribution in [1.29, 1.82) is 0 Å². The topological polar surface area (TPSA) is 18.5 Å². The third-order valence-electron chi connectivity index (χ3n) is 4.69. The third-order valence-corrected chi connectivity index (χ3v) is 4.69. The molecule has 17 heavy (non-hydrogen) atoms. The van der Waals surface area contributed by atoms with Gasteiger partial charge in [-0.2, -0.15) is 0 Å². The molecule has 0 radical (unpaired) electrons. The van der Waals surface area contributed by atoms with Crippen molar-refractivity contribution >= 4 is 0 Å². The maximum atomic E-state index is 6.03. The molecule has 2 saturated heterocycles. The van der Waals surface area contributed by atoms with Crippen LogP contribution in [0.2, 0.25) is 0 Å². The predicted octanol–water partition coefficient (Wildman–Crippen LogP) is 3.64. The second kappa shape index (κ2) is 5.71. The maximum Gasteiger partial charge on any atom is 0.0629 e. The van der Waals surface area contributed by atoms with Crippen molar-refractivity contribution in [3.05, 3.63) is 0 Å². The molecule has 2 aliphatic heterocycles. The first-order valence-corrected chi connectivity index (χ1v) is 7.31. The number of hydrogen-bond donors (Lipinski definition) is 0. The van der Waals surface area contributed by atoms with E-state index in [1.165, 1.54) is 32.1 Å². The summed E-state index contributed by atoms with van der Waals surface area (Å²) in [6, 6.07) is 0. The van der Waals surface area contributed by atoms with Crippen molar-refractivity contribution in [2.75, 3.05) is 19.8 Å². The van der Waals surface area contributed by atoms with Crippen molar-refractivity contribution in [3.8, 4) is 0 Å². The third kappa shape index (κ3) is 3.45. The first-order valence-electron chi connectivity index (χ1n) is 7.31. The molecule has 2 heteroatoms. The number of rotatable bonds is 4. The van der Waals surface area contributed by atoms with Gasteiger partial charge in [-0.1, -0.05) is 27.2 Å². The van der Waals surface area contributed by atoms with Crippen LogP contribution in [-0.4, -0.2) is 25.9 Å². The zero-order valence-corrected chi connectivity index (χ0v) is 11.7. The summed E-state index contributed by atoms with van der Waals surface area (Å²) in [5.74, 6) is 1.65. The molecule has 2 rings (SSSR count). The van der Waals surface area contributed by atoms with Crippen LogP contribution >= 0.6 is 0 Å².